The average molecular weight is 348 g/mol. The standard InChI is InChI=1S/C17H17FN2O5/c1-11-8-12(2-7-16(11)18)17(22)19-9-14(21)10-25-15-5-3-13(4-6-15)20(23)24/h2-8,14,21H,9-10H2,1H3,(H,19,22)/t14-/m0/s1. The molecule has 0 aliphatic heterocycles. The molecule has 2 aromatic carbocycles. The van der Waals surface area contributed by atoms with Gasteiger partial charge in [-0.15, -0.1) is 0 Å². The summed E-state index contributed by atoms with van der Waals surface area (Å²) in [5, 5.41) is 22.9. The number of hydrogen-bond donors (Lipinski definition) is 2. The van der Waals surface area contributed by atoms with Gasteiger partial charge in [0.1, 0.15) is 24.3 Å². The number of halogens is 1. The van der Waals surface area contributed by atoms with Crippen LogP contribution < -0.4 is 10.1 Å². The highest BCUT2D eigenvalue weighted by atomic mass is 19.1. The van der Waals surface area contributed by atoms with Crippen molar-refractivity contribution in [1.82, 2.24) is 5.32 Å². The van der Waals surface area contributed by atoms with E-state index in [1.54, 1.807) is 6.92 Å². The third kappa shape index (κ3) is 5.25. The fourth-order valence-corrected chi connectivity index (χ4v) is 2.01. The Labute approximate surface area is 143 Å². The molecule has 0 bridgehead atoms. The van der Waals surface area contributed by atoms with Crippen LogP contribution in [0.15, 0.2) is 42.5 Å². The molecule has 25 heavy (non-hydrogen) atoms. The minimum absolute atomic E-state index is 0.0533. The van der Waals surface area contributed by atoms with E-state index in [0.29, 0.717) is 16.9 Å². The summed E-state index contributed by atoms with van der Waals surface area (Å²) in [6.45, 7) is 1.40. The summed E-state index contributed by atoms with van der Waals surface area (Å²) in [5.41, 5.74) is 0.590. The molecule has 0 aliphatic rings. The number of benzene rings is 2. The van der Waals surface area contributed by atoms with Gasteiger partial charge in [-0.05, 0) is 42.8 Å². The first-order valence-corrected chi connectivity index (χ1v) is 7.46. The lowest BCUT2D eigenvalue weighted by Gasteiger charge is -2.13. The maximum Gasteiger partial charge on any atom is 0.269 e. The van der Waals surface area contributed by atoms with Crippen LogP contribution in [0.4, 0.5) is 10.1 Å². The predicted molar refractivity (Wildman–Crippen MR) is 88.1 cm³/mol. The highest BCUT2D eigenvalue weighted by Gasteiger charge is 2.11. The maximum atomic E-state index is 13.2. The summed E-state index contributed by atoms with van der Waals surface area (Å²) in [4.78, 5) is 22.0. The summed E-state index contributed by atoms with van der Waals surface area (Å²) in [5.74, 6) is -0.462. The van der Waals surface area contributed by atoms with E-state index in [1.807, 2.05) is 0 Å². The fraction of sp³-hybridized carbons (Fsp3) is 0.235. The average Bonchev–Trinajstić information content (AvgIpc) is 2.60. The minimum atomic E-state index is -0.972. The SMILES string of the molecule is Cc1cc(C(=O)NC[C@H](O)COc2ccc([N+](=O)[O-])cc2)ccc1F. The molecule has 132 valence electrons. The van der Waals surface area contributed by atoms with Gasteiger partial charge in [0.15, 0.2) is 0 Å². The van der Waals surface area contributed by atoms with Gasteiger partial charge in [-0.2, -0.15) is 0 Å². The molecule has 2 N–H and O–H groups in total. The number of aryl methyl sites for hydroxylation is 1. The van der Waals surface area contributed by atoms with Crippen LogP contribution in [0.25, 0.3) is 0 Å². The summed E-state index contributed by atoms with van der Waals surface area (Å²) in [6, 6.07) is 9.41. The van der Waals surface area contributed by atoms with Crippen LogP contribution in [0.1, 0.15) is 15.9 Å². The highest BCUT2D eigenvalue weighted by Crippen LogP contribution is 2.17. The molecule has 2 rings (SSSR count). The number of non-ortho nitro benzene ring substituents is 1. The first-order chi connectivity index (χ1) is 11.9. The Balaban J connectivity index is 1.79. The first kappa shape index (κ1) is 18.3. The highest BCUT2D eigenvalue weighted by molar-refractivity contribution is 5.94. The first-order valence-electron chi connectivity index (χ1n) is 7.46. The predicted octanol–water partition coefficient (Wildman–Crippen LogP) is 2.21. The van der Waals surface area contributed by atoms with E-state index in [9.17, 15) is 24.4 Å². The van der Waals surface area contributed by atoms with Crippen molar-refractivity contribution in [3.8, 4) is 5.75 Å². The molecular weight excluding hydrogens is 331 g/mol. The number of nitro groups is 1. The lowest BCUT2D eigenvalue weighted by molar-refractivity contribution is -0.384. The van der Waals surface area contributed by atoms with Crippen molar-refractivity contribution in [2.24, 2.45) is 0 Å². The lowest BCUT2D eigenvalue weighted by atomic mass is 10.1. The summed E-state index contributed by atoms with van der Waals surface area (Å²) >= 11 is 0. The minimum Gasteiger partial charge on any atom is -0.491 e. The Morgan fingerprint density at radius 1 is 1.32 bits per heavy atom. The summed E-state index contributed by atoms with van der Waals surface area (Å²) < 4.78 is 18.5. The van der Waals surface area contributed by atoms with Gasteiger partial charge < -0.3 is 15.2 Å². The summed E-state index contributed by atoms with van der Waals surface area (Å²) in [7, 11) is 0. The number of rotatable bonds is 7. The molecule has 0 fully saturated rings. The van der Waals surface area contributed by atoms with E-state index >= 15 is 0 Å². The molecule has 2 aromatic rings. The number of nitrogens with one attached hydrogen (secondary N) is 1. The molecule has 0 aliphatic carbocycles. The third-order valence-electron chi connectivity index (χ3n) is 3.41. The molecule has 7 nitrogen and oxygen atoms in total. The van der Waals surface area contributed by atoms with Crippen molar-refractivity contribution in [1.29, 1.82) is 0 Å². The van der Waals surface area contributed by atoms with E-state index < -0.39 is 22.8 Å². The van der Waals surface area contributed by atoms with Crippen LogP contribution in [0.2, 0.25) is 0 Å². The molecule has 1 amide bonds. The van der Waals surface area contributed by atoms with Crippen molar-refractivity contribution < 1.29 is 24.0 Å². The Morgan fingerprint density at radius 2 is 2.00 bits per heavy atom. The second-order valence-corrected chi connectivity index (χ2v) is 5.39. The number of nitro benzene ring substituents is 1. The van der Waals surface area contributed by atoms with Crippen LogP contribution in [0, 0.1) is 22.9 Å². The number of ether oxygens (including phenoxy) is 1. The van der Waals surface area contributed by atoms with Gasteiger partial charge in [0, 0.05) is 24.2 Å². The van der Waals surface area contributed by atoms with Gasteiger partial charge in [0.25, 0.3) is 11.6 Å². The molecule has 1 atom stereocenters. The Morgan fingerprint density at radius 3 is 2.60 bits per heavy atom. The Bertz CT molecular complexity index is 764. The van der Waals surface area contributed by atoms with Crippen LogP contribution in [-0.4, -0.2) is 35.2 Å². The molecule has 0 saturated carbocycles. The van der Waals surface area contributed by atoms with E-state index in [1.165, 1.54) is 42.5 Å². The topological polar surface area (TPSA) is 102 Å². The molecule has 0 heterocycles. The van der Waals surface area contributed by atoms with E-state index in [2.05, 4.69) is 5.32 Å². The number of carbonyl (C=O) groups excluding carboxylic acids is 1. The number of aliphatic hydroxyl groups excluding tert-OH is 1. The summed E-state index contributed by atoms with van der Waals surface area (Å²) in [6.07, 6.45) is -0.972. The van der Waals surface area contributed by atoms with Gasteiger partial charge in [-0.1, -0.05) is 0 Å². The molecule has 0 saturated heterocycles. The van der Waals surface area contributed by atoms with E-state index in [4.69, 9.17) is 4.74 Å². The normalized spacial score (nSPS) is 11.6. The zero-order valence-electron chi connectivity index (χ0n) is 13.4. The second-order valence-electron chi connectivity index (χ2n) is 5.39. The van der Waals surface area contributed by atoms with Gasteiger partial charge in [0.2, 0.25) is 0 Å². The van der Waals surface area contributed by atoms with Crippen molar-refractivity contribution in [2.75, 3.05) is 13.2 Å². The number of nitrogens with zero attached hydrogens (tertiary/aromatic N) is 1. The van der Waals surface area contributed by atoms with E-state index in [-0.39, 0.29) is 18.8 Å². The third-order valence-corrected chi connectivity index (χ3v) is 3.41. The molecule has 0 unspecified atom stereocenters. The lowest BCUT2D eigenvalue weighted by Crippen LogP contribution is -2.35. The molecule has 0 radical (unpaired) electrons. The van der Waals surface area contributed by atoms with Crippen molar-refractivity contribution >= 4 is 11.6 Å². The van der Waals surface area contributed by atoms with Gasteiger partial charge in [-0.3, -0.25) is 14.9 Å². The molecule has 0 spiro atoms. The van der Waals surface area contributed by atoms with Crippen molar-refractivity contribution in [3.63, 3.8) is 0 Å². The van der Waals surface area contributed by atoms with Crippen LogP contribution in [-0.2, 0) is 0 Å². The molecule has 8 heteroatoms. The zero-order chi connectivity index (χ0) is 18.4. The van der Waals surface area contributed by atoms with Gasteiger partial charge in [-0.25, -0.2) is 4.39 Å². The largest absolute Gasteiger partial charge is 0.491 e. The van der Waals surface area contributed by atoms with Crippen molar-refractivity contribution in [3.05, 3.63) is 69.5 Å². The quantitative estimate of drug-likeness (QED) is 0.590. The Hall–Kier alpha value is -3.00. The number of carbonyl (C=O) groups is 1. The fourth-order valence-electron chi connectivity index (χ4n) is 2.01. The number of amides is 1. The molecule has 0 aromatic heterocycles. The maximum absolute atomic E-state index is 13.2. The van der Waals surface area contributed by atoms with Crippen molar-refractivity contribution in [2.45, 2.75) is 13.0 Å². The van der Waals surface area contributed by atoms with Crippen LogP contribution >= 0.6 is 0 Å². The zero-order valence-corrected chi connectivity index (χ0v) is 13.4. The Kier molecular flexibility index (Phi) is 6.02. The number of hydrogen-bond acceptors (Lipinski definition) is 5. The number of aliphatic hydroxyl groups is 1. The second kappa shape index (κ2) is 8.20. The van der Waals surface area contributed by atoms with Crippen LogP contribution in [0.5, 0.6) is 5.75 Å². The van der Waals surface area contributed by atoms with Gasteiger partial charge in [0.05, 0.1) is 4.92 Å². The van der Waals surface area contributed by atoms with E-state index in [0.717, 1.165) is 0 Å². The van der Waals surface area contributed by atoms with Gasteiger partial charge >= 0.3 is 0 Å². The smallest absolute Gasteiger partial charge is 0.269 e. The van der Waals surface area contributed by atoms with Crippen LogP contribution in [0.3, 0.4) is 0 Å². The molecular formula is C17H17FN2O5. The monoisotopic (exact) mass is 348 g/mol.